The van der Waals surface area contributed by atoms with Gasteiger partial charge in [-0.3, -0.25) is 4.68 Å². The van der Waals surface area contributed by atoms with Gasteiger partial charge in [0.25, 0.3) is 0 Å². The van der Waals surface area contributed by atoms with Crippen LogP contribution in [0.15, 0.2) is 42.7 Å². The van der Waals surface area contributed by atoms with Crippen LogP contribution in [0.5, 0.6) is 0 Å². The maximum Gasteiger partial charge on any atom is 0.167 e. The highest BCUT2D eigenvalue weighted by Gasteiger charge is 2.43. The van der Waals surface area contributed by atoms with Gasteiger partial charge in [-0.25, -0.2) is 0 Å². The summed E-state index contributed by atoms with van der Waals surface area (Å²) in [4.78, 5) is 2.55. The SMILES string of the molecule is CCn1cc(-c2nnc3n2CC2(CCN(CCCc4ccccc4)C2)OC3)cn1. The lowest BCUT2D eigenvalue weighted by atomic mass is 10.0. The second kappa shape index (κ2) is 7.72. The molecule has 1 fully saturated rings. The van der Waals surface area contributed by atoms with Crippen LogP contribution in [0.25, 0.3) is 11.4 Å². The molecular weight excluding hydrogens is 364 g/mol. The maximum atomic E-state index is 6.34. The van der Waals surface area contributed by atoms with E-state index < -0.39 is 0 Å². The highest BCUT2D eigenvalue weighted by Crippen LogP contribution is 2.34. The summed E-state index contributed by atoms with van der Waals surface area (Å²) < 4.78 is 10.5. The van der Waals surface area contributed by atoms with Crippen LogP contribution in [0.2, 0.25) is 0 Å². The predicted molar refractivity (Wildman–Crippen MR) is 110 cm³/mol. The average molecular weight is 393 g/mol. The number of ether oxygens (including phenoxy) is 1. The lowest BCUT2D eigenvalue weighted by Crippen LogP contribution is -2.44. The average Bonchev–Trinajstić information content (AvgIpc) is 3.47. The number of rotatable bonds is 6. The van der Waals surface area contributed by atoms with E-state index >= 15 is 0 Å². The van der Waals surface area contributed by atoms with Gasteiger partial charge in [-0.1, -0.05) is 30.3 Å². The van der Waals surface area contributed by atoms with Gasteiger partial charge >= 0.3 is 0 Å². The molecule has 7 nitrogen and oxygen atoms in total. The van der Waals surface area contributed by atoms with Crippen molar-refractivity contribution in [3.63, 3.8) is 0 Å². The standard InChI is InChI=1S/C22H28N6O/c1-2-27-14-19(13-23-27)21-25-24-20-15-29-22(17-28(20)21)10-12-26(16-22)11-6-9-18-7-4-3-5-8-18/h3-5,7-8,13-14H,2,6,9-12,15-17H2,1H3. The smallest absolute Gasteiger partial charge is 0.167 e. The molecule has 0 aliphatic carbocycles. The fraction of sp³-hybridized carbons (Fsp3) is 0.500. The minimum Gasteiger partial charge on any atom is -0.364 e. The van der Waals surface area contributed by atoms with Crippen LogP contribution in [0, 0.1) is 0 Å². The lowest BCUT2D eigenvalue weighted by Gasteiger charge is -2.34. The Morgan fingerprint density at radius 2 is 2.03 bits per heavy atom. The van der Waals surface area contributed by atoms with Crippen molar-refractivity contribution >= 4 is 0 Å². The number of hydrogen-bond acceptors (Lipinski definition) is 5. The molecule has 2 aliphatic heterocycles. The van der Waals surface area contributed by atoms with E-state index in [0.29, 0.717) is 6.61 Å². The zero-order valence-electron chi connectivity index (χ0n) is 17.0. The first-order valence-electron chi connectivity index (χ1n) is 10.6. The molecule has 0 saturated carbocycles. The Morgan fingerprint density at radius 1 is 1.14 bits per heavy atom. The zero-order chi connectivity index (χ0) is 19.7. The normalized spacial score (nSPS) is 21.7. The van der Waals surface area contributed by atoms with Crippen molar-refractivity contribution in [3.8, 4) is 11.4 Å². The number of hydrogen-bond donors (Lipinski definition) is 0. The topological polar surface area (TPSA) is 61.0 Å². The molecular formula is C22H28N6O. The molecule has 0 bridgehead atoms. The number of aromatic nitrogens is 5. The first-order chi connectivity index (χ1) is 14.2. The summed E-state index contributed by atoms with van der Waals surface area (Å²) in [6.07, 6.45) is 7.30. The molecule has 1 unspecified atom stereocenters. The van der Waals surface area contributed by atoms with Crippen LogP contribution in [0.1, 0.15) is 31.2 Å². The Balaban J connectivity index is 1.24. The van der Waals surface area contributed by atoms with Crippen molar-refractivity contribution in [2.24, 2.45) is 0 Å². The predicted octanol–water partition coefficient (Wildman–Crippen LogP) is 2.77. The van der Waals surface area contributed by atoms with Crippen molar-refractivity contribution in [3.05, 3.63) is 54.1 Å². The number of likely N-dealkylation sites (tertiary alicyclic amines) is 1. The molecule has 2 aromatic heterocycles. The molecule has 0 radical (unpaired) electrons. The van der Waals surface area contributed by atoms with Crippen LogP contribution in [0.3, 0.4) is 0 Å². The molecule has 0 N–H and O–H groups in total. The van der Waals surface area contributed by atoms with Crippen LogP contribution >= 0.6 is 0 Å². The van der Waals surface area contributed by atoms with Crippen LogP contribution in [0.4, 0.5) is 0 Å². The summed E-state index contributed by atoms with van der Waals surface area (Å²) in [6, 6.07) is 10.7. The number of benzene rings is 1. The maximum absolute atomic E-state index is 6.34. The van der Waals surface area contributed by atoms with Crippen LogP contribution in [-0.4, -0.2) is 54.7 Å². The Hall–Kier alpha value is -2.51. The van der Waals surface area contributed by atoms with E-state index in [-0.39, 0.29) is 5.60 Å². The molecule has 3 aromatic rings. The highest BCUT2D eigenvalue weighted by atomic mass is 16.5. The highest BCUT2D eigenvalue weighted by molar-refractivity contribution is 5.52. The Labute approximate surface area is 171 Å². The van der Waals surface area contributed by atoms with E-state index in [2.05, 4.69) is 62.0 Å². The van der Waals surface area contributed by atoms with Gasteiger partial charge in [-0.15, -0.1) is 10.2 Å². The van der Waals surface area contributed by atoms with Gasteiger partial charge in [-0.2, -0.15) is 5.10 Å². The number of fused-ring (bicyclic) bond motifs is 1. The minimum atomic E-state index is -0.127. The van der Waals surface area contributed by atoms with E-state index in [1.54, 1.807) is 0 Å². The molecule has 1 aromatic carbocycles. The van der Waals surface area contributed by atoms with Crippen LogP contribution < -0.4 is 0 Å². The summed E-state index contributed by atoms with van der Waals surface area (Å²) in [7, 11) is 0. The second-order valence-electron chi connectivity index (χ2n) is 8.20. The van der Waals surface area contributed by atoms with E-state index in [9.17, 15) is 0 Å². The number of nitrogens with zero attached hydrogens (tertiary/aromatic N) is 6. The Kier molecular flexibility index (Phi) is 4.93. The molecule has 152 valence electrons. The largest absolute Gasteiger partial charge is 0.364 e. The lowest BCUT2D eigenvalue weighted by molar-refractivity contribution is -0.0818. The van der Waals surface area contributed by atoms with Crippen LogP contribution in [-0.2, 0) is 30.9 Å². The van der Waals surface area contributed by atoms with E-state index in [4.69, 9.17) is 4.74 Å². The van der Waals surface area contributed by atoms with Crippen molar-refractivity contribution in [1.82, 2.24) is 29.4 Å². The summed E-state index contributed by atoms with van der Waals surface area (Å²) in [5.41, 5.74) is 2.32. The molecule has 5 rings (SSSR count). The fourth-order valence-electron chi connectivity index (χ4n) is 4.54. The van der Waals surface area contributed by atoms with E-state index in [0.717, 1.165) is 62.8 Å². The molecule has 1 atom stereocenters. The van der Waals surface area contributed by atoms with Crippen molar-refractivity contribution in [2.45, 2.75) is 51.5 Å². The van der Waals surface area contributed by atoms with Gasteiger partial charge in [0.05, 0.1) is 18.3 Å². The quantitative estimate of drug-likeness (QED) is 0.646. The third kappa shape index (κ3) is 3.72. The van der Waals surface area contributed by atoms with Gasteiger partial charge in [0.15, 0.2) is 11.6 Å². The van der Waals surface area contributed by atoms with Crippen molar-refractivity contribution in [2.75, 3.05) is 19.6 Å². The van der Waals surface area contributed by atoms with E-state index in [1.807, 2.05) is 17.1 Å². The first kappa shape index (κ1) is 18.5. The third-order valence-corrected chi connectivity index (χ3v) is 6.17. The molecule has 0 amide bonds. The monoisotopic (exact) mass is 392 g/mol. The molecule has 1 saturated heterocycles. The van der Waals surface area contributed by atoms with Crippen molar-refractivity contribution in [1.29, 1.82) is 0 Å². The first-order valence-corrected chi connectivity index (χ1v) is 10.6. The summed E-state index contributed by atoms with van der Waals surface area (Å²) in [6.45, 7) is 7.48. The second-order valence-corrected chi connectivity index (χ2v) is 8.20. The van der Waals surface area contributed by atoms with Gasteiger partial charge in [0, 0.05) is 25.8 Å². The summed E-state index contributed by atoms with van der Waals surface area (Å²) in [5, 5.41) is 13.2. The van der Waals surface area contributed by atoms with Crippen molar-refractivity contribution < 1.29 is 4.74 Å². The molecule has 29 heavy (non-hydrogen) atoms. The number of aryl methyl sites for hydroxylation is 2. The zero-order valence-corrected chi connectivity index (χ0v) is 17.0. The Morgan fingerprint density at radius 3 is 2.86 bits per heavy atom. The summed E-state index contributed by atoms with van der Waals surface area (Å²) >= 11 is 0. The van der Waals surface area contributed by atoms with Gasteiger partial charge < -0.3 is 14.2 Å². The molecule has 1 spiro atoms. The molecule has 7 heteroatoms. The minimum absolute atomic E-state index is 0.127. The fourth-order valence-corrected chi connectivity index (χ4v) is 4.54. The Bertz CT molecular complexity index is 965. The molecule has 4 heterocycles. The van der Waals surface area contributed by atoms with Gasteiger partial charge in [-0.05, 0) is 38.3 Å². The van der Waals surface area contributed by atoms with Gasteiger partial charge in [0.2, 0.25) is 0 Å². The summed E-state index contributed by atoms with van der Waals surface area (Å²) in [5.74, 6) is 1.82. The molecule has 2 aliphatic rings. The third-order valence-electron chi connectivity index (χ3n) is 6.17. The van der Waals surface area contributed by atoms with E-state index in [1.165, 1.54) is 12.0 Å². The van der Waals surface area contributed by atoms with Gasteiger partial charge in [0.1, 0.15) is 12.2 Å².